The van der Waals surface area contributed by atoms with Gasteiger partial charge >= 0.3 is 0 Å². The molecule has 2 atom stereocenters. The number of hydrogen-bond donors (Lipinski definition) is 2. The van der Waals surface area contributed by atoms with Gasteiger partial charge < -0.3 is 10.2 Å². The fourth-order valence-corrected chi connectivity index (χ4v) is 5.42. The Morgan fingerprint density at radius 2 is 2.00 bits per heavy atom. The maximum atomic E-state index is 12.2. The molecular formula is C16H25N2O3S2+. The number of hydrogen-bond acceptors (Lipinski definition) is 4. The fourth-order valence-electron chi connectivity index (χ4n) is 2.92. The van der Waals surface area contributed by atoms with Crippen LogP contribution in [0.4, 0.5) is 0 Å². The van der Waals surface area contributed by atoms with Crippen molar-refractivity contribution >= 4 is 27.5 Å². The van der Waals surface area contributed by atoms with Crippen molar-refractivity contribution in [2.24, 2.45) is 0 Å². The Bertz CT molecular complexity index is 658. The van der Waals surface area contributed by atoms with Crippen LogP contribution in [0.15, 0.2) is 29.2 Å². The zero-order valence-electron chi connectivity index (χ0n) is 13.9. The van der Waals surface area contributed by atoms with E-state index in [1.54, 1.807) is 11.8 Å². The average molecular weight is 358 g/mol. The molecule has 1 aromatic rings. The van der Waals surface area contributed by atoms with Gasteiger partial charge in [0, 0.05) is 10.5 Å². The molecule has 1 amide bonds. The van der Waals surface area contributed by atoms with Gasteiger partial charge in [-0.05, 0) is 31.7 Å². The van der Waals surface area contributed by atoms with Crippen molar-refractivity contribution < 1.29 is 18.1 Å². The van der Waals surface area contributed by atoms with Gasteiger partial charge in [0.15, 0.2) is 16.4 Å². The first-order valence-electron chi connectivity index (χ1n) is 7.67. The normalized spacial score (nSPS) is 24.3. The van der Waals surface area contributed by atoms with Crippen molar-refractivity contribution in [2.45, 2.75) is 30.3 Å². The summed E-state index contributed by atoms with van der Waals surface area (Å²) in [6.45, 7) is 2.91. The largest absolute Gasteiger partial charge is 0.345 e. The molecule has 0 aliphatic carbocycles. The molecule has 1 saturated heterocycles. The summed E-state index contributed by atoms with van der Waals surface area (Å²) in [5, 5.41) is 2.90. The smallest absolute Gasteiger partial charge is 0.275 e. The van der Waals surface area contributed by atoms with Gasteiger partial charge in [0.25, 0.3) is 5.91 Å². The van der Waals surface area contributed by atoms with Crippen LogP contribution in [-0.2, 0) is 21.2 Å². The van der Waals surface area contributed by atoms with Crippen LogP contribution >= 0.6 is 11.8 Å². The van der Waals surface area contributed by atoms with Crippen LogP contribution in [0.2, 0.25) is 0 Å². The molecule has 23 heavy (non-hydrogen) atoms. The SMILES string of the molecule is CSc1ccc(C[NH+](C)CC(=O)N[C@]2(C)CCS(=O)(=O)C2)cc1. The third-order valence-corrected chi connectivity index (χ3v) is 6.72. The standard InChI is InChI=1S/C16H24N2O3S2/c1-16(8-9-23(20,21)12-16)17-15(19)11-18(2)10-13-4-6-14(22-3)7-5-13/h4-7H,8-12H2,1-3H3,(H,17,19)/p+1/t16-/m1/s1. The van der Waals surface area contributed by atoms with Gasteiger partial charge in [0.1, 0.15) is 6.54 Å². The third-order valence-electron chi connectivity index (χ3n) is 4.07. The molecule has 0 aromatic heterocycles. The van der Waals surface area contributed by atoms with Crippen molar-refractivity contribution in [3.63, 3.8) is 0 Å². The first kappa shape index (κ1) is 18.3. The average Bonchev–Trinajstić information content (AvgIpc) is 2.72. The quantitative estimate of drug-likeness (QED) is 0.710. The highest BCUT2D eigenvalue weighted by molar-refractivity contribution is 7.98. The maximum absolute atomic E-state index is 12.2. The van der Waals surface area contributed by atoms with Gasteiger partial charge in [-0.25, -0.2) is 8.42 Å². The number of benzene rings is 1. The molecule has 128 valence electrons. The second-order valence-corrected chi connectivity index (χ2v) is 9.67. The van der Waals surface area contributed by atoms with E-state index in [1.165, 1.54) is 10.5 Å². The predicted molar refractivity (Wildman–Crippen MR) is 93.5 cm³/mol. The van der Waals surface area contributed by atoms with Crippen molar-refractivity contribution in [3.05, 3.63) is 29.8 Å². The molecule has 1 fully saturated rings. The van der Waals surface area contributed by atoms with E-state index in [0.29, 0.717) is 13.0 Å². The number of likely N-dealkylation sites (N-methyl/N-ethyl adjacent to an activating group) is 1. The van der Waals surface area contributed by atoms with Crippen LogP contribution in [0.3, 0.4) is 0 Å². The van der Waals surface area contributed by atoms with Crippen LogP contribution in [0, 0.1) is 0 Å². The molecule has 0 saturated carbocycles. The molecule has 1 heterocycles. The van der Waals surface area contributed by atoms with Crippen molar-refractivity contribution in [2.75, 3.05) is 31.4 Å². The highest BCUT2D eigenvalue weighted by Gasteiger charge is 2.39. The lowest BCUT2D eigenvalue weighted by Crippen LogP contribution is -3.09. The van der Waals surface area contributed by atoms with Gasteiger partial charge in [-0.15, -0.1) is 11.8 Å². The van der Waals surface area contributed by atoms with E-state index in [-0.39, 0.29) is 17.4 Å². The van der Waals surface area contributed by atoms with Gasteiger partial charge in [-0.3, -0.25) is 4.79 Å². The van der Waals surface area contributed by atoms with E-state index in [1.807, 2.05) is 20.2 Å². The molecule has 1 aliphatic rings. The molecule has 5 nitrogen and oxygen atoms in total. The fraction of sp³-hybridized carbons (Fsp3) is 0.562. The lowest BCUT2D eigenvalue weighted by atomic mass is 10.0. The summed E-state index contributed by atoms with van der Waals surface area (Å²) in [6.07, 6.45) is 2.54. The first-order chi connectivity index (χ1) is 10.7. The van der Waals surface area contributed by atoms with Gasteiger partial charge in [-0.1, -0.05) is 12.1 Å². The summed E-state index contributed by atoms with van der Waals surface area (Å²) in [5.74, 6) is 0.109. The highest BCUT2D eigenvalue weighted by Crippen LogP contribution is 2.22. The highest BCUT2D eigenvalue weighted by atomic mass is 32.2. The molecular weight excluding hydrogens is 332 g/mol. The van der Waals surface area contributed by atoms with Crippen LogP contribution in [0.1, 0.15) is 18.9 Å². The number of quaternary nitrogens is 1. The summed E-state index contributed by atoms with van der Waals surface area (Å²) in [7, 11) is -1.04. The number of thioether (sulfide) groups is 1. The van der Waals surface area contributed by atoms with Gasteiger partial charge in [0.2, 0.25) is 0 Å². The summed E-state index contributed by atoms with van der Waals surface area (Å²) in [5.41, 5.74) is 0.568. The molecule has 1 unspecified atom stereocenters. The van der Waals surface area contributed by atoms with Crippen LogP contribution in [-0.4, -0.2) is 51.2 Å². The van der Waals surface area contributed by atoms with E-state index in [4.69, 9.17) is 0 Å². The van der Waals surface area contributed by atoms with E-state index in [9.17, 15) is 13.2 Å². The molecule has 1 aromatic carbocycles. The Hall–Kier alpha value is -1.05. The number of carbonyl (C=O) groups excluding carboxylic acids is 1. The number of amides is 1. The lowest BCUT2D eigenvalue weighted by molar-refractivity contribution is -0.885. The van der Waals surface area contributed by atoms with Crippen molar-refractivity contribution in [1.29, 1.82) is 0 Å². The Morgan fingerprint density at radius 3 is 2.52 bits per heavy atom. The number of nitrogens with one attached hydrogen (secondary N) is 2. The van der Waals surface area contributed by atoms with Crippen molar-refractivity contribution in [1.82, 2.24) is 5.32 Å². The van der Waals surface area contributed by atoms with E-state index < -0.39 is 15.4 Å². The maximum Gasteiger partial charge on any atom is 0.275 e. The zero-order chi connectivity index (χ0) is 17.1. The minimum Gasteiger partial charge on any atom is -0.345 e. The number of rotatable bonds is 6. The Morgan fingerprint density at radius 1 is 1.35 bits per heavy atom. The van der Waals surface area contributed by atoms with Crippen LogP contribution < -0.4 is 10.2 Å². The number of carbonyl (C=O) groups is 1. The first-order valence-corrected chi connectivity index (χ1v) is 10.7. The second-order valence-electron chi connectivity index (χ2n) is 6.61. The van der Waals surface area contributed by atoms with Crippen LogP contribution in [0.25, 0.3) is 0 Å². The zero-order valence-corrected chi connectivity index (χ0v) is 15.5. The lowest BCUT2D eigenvalue weighted by Gasteiger charge is -2.24. The molecule has 0 bridgehead atoms. The summed E-state index contributed by atoms with van der Waals surface area (Å²) in [6, 6.07) is 8.33. The third kappa shape index (κ3) is 5.51. The minimum atomic E-state index is -3.01. The van der Waals surface area contributed by atoms with E-state index >= 15 is 0 Å². The Kier molecular flexibility index (Phi) is 5.75. The molecule has 7 heteroatoms. The summed E-state index contributed by atoms with van der Waals surface area (Å²) < 4.78 is 23.2. The molecule has 2 N–H and O–H groups in total. The van der Waals surface area contributed by atoms with Gasteiger partial charge in [0.05, 0.1) is 24.1 Å². The molecule has 2 rings (SSSR count). The van der Waals surface area contributed by atoms with E-state index in [0.717, 1.165) is 11.4 Å². The summed E-state index contributed by atoms with van der Waals surface area (Å²) in [4.78, 5) is 14.5. The van der Waals surface area contributed by atoms with Crippen molar-refractivity contribution in [3.8, 4) is 0 Å². The molecule has 1 aliphatic heterocycles. The predicted octanol–water partition coefficient (Wildman–Crippen LogP) is 0.117. The Labute approximate surface area is 142 Å². The molecule has 0 spiro atoms. The topological polar surface area (TPSA) is 67.7 Å². The van der Waals surface area contributed by atoms with Crippen LogP contribution in [0.5, 0.6) is 0 Å². The number of sulfone groups is 1. The second kappa shape index (κ2) is 7.23. The van der Waals surface area contributed by atoms with Gasteiger partial charge in [-0.2, -0.15) is 0 Å². The van der Waals surface area contributed by atoms with E-state index in [2.05, 4.69) is 29.6 Å². The summed E-state index contributed by atoms with van der Waals surface area (Å²) >= 11 is 1.70. The monoisotopic (exact) mass is 357 g/mol. The molecule has 0 radical (unpaired) electrons. The Balaban J connectivity index is 1.84. The minimum absolute atomic E-state index is 0.0426.